The van der Waals surface area contributed by atoms with Crippen LogP contribution >= 0.6 is 0 Å². The molecule has 0 amide bonds. The minimum atomic E-state index is -0.685. The van der Waals surface area contributed by atoms with Crippen molar-refractivity contribution in [2.24, 2.45) is 0 Å². The molecule has 0 rings (SSSR count). The van der Waals surface area contributed by atoms with Crippen molar-refractivity contribution in [2.75, 3.05) is 5.75 Å². The van der Waals surface area contributed by atoms with Gasteiger partial charge in [-0.25, -0.2) is 0 Å². The van der Waals surface area contributed by atoms with Crippen molar-refractivity contribution >= 4 is 10.8 Å². The smallest absolute Gasteiger partial charge is 0.0621 e. The molecule has 0 radical (unpaired) electrons. The Morgan fingerprint density at radius 1 is 1.45 bits per heavy atom. The number of unbranched alkanes of at least 4 members (excludes halogenated alkanes) is 2. The number of nitriles is 1. The molecular weight excluding hydrogens is 158 g/mol. The first-order chi connectivity index (χ1) is 5.18. The van der Waals surface area contributed by atoms with Gasteiger partial charge in [0, 0.05) is 28.2 Å². The first-order valence-electron chi connectivity index (χ1n) is 3.92. The summed E-state index contributed by atoms with van der Waals surface area (Å²) in [5.41, 5.74) is 0. The average molecular weight is 173 g/mol. The lowest BCUT2D eigenvalue weighted by Gasteiger charge is -2.02. The molecule has 0 aliphatic rings. The van der Waals surface area contributed by atoms with E-state index < -0.39 is 10.8 Å². The van der Waals surface area contributed by atoms with Gasteiger partial charge in [-0.15, -0.1) is 0 Å². The third-order valence-corrected chi connectivity index (χ3v) is 3.15. The Bertz CT molecular complexity index is 160. The van der Waals surface area contributed by atoms with Gasteiger partial charge >= 0.3 is 0 Å². The summed E-state index contributed by atoms with van der Waals surface area (Å²) in [7, 11) is -0.685. The van der Waals surface area contributed by atoms with Crippen LogP contribution in [-0.2, 0) is 10.8 Å². The predicted molar refractivity (Wildman–Crippen MR) is 47.6 cm³/mol. The molecule has 0 heterocycles. The van der Waals surface area contributed by atoms with Gasteiger partial charge in [0.15, 0.2) is 0 Å². The predicted octanol–water partition coefficient (Wildman–Crippen LogP) is 1.84. The van der Waals surface area contributed by atoms with Gasteiger partial charge in [-0.3, -0.25) is 4.21 Å². The van der Waals surface area contributed by atoms with E-state index in [0.717, 1.165) is 18.6 Å². The van der Waals surface area contributed by atoms with E-state index in [1.165, 1.54) is 0 Å². The molecule has 0 bridgehead atoms. The van der Waals surface area contributed by atoms with E-state index in [9.17, 15) is 4.21 Å². The molecule has 1 unspecified atom stereocenters. The number of rotatable bonds is 5. The first kappa shape index (κ1) is 10.6. The molecule has 0 aromatic carbocycles. The number of nitrogens with zero attached hydrogens (tertiary/aromatic N) is 1. The second-order valence-electron chi connectivity index (χ2n) is 2.75. The monoisotopic (exact) mass is 173 g/mol. The maximum atomic E-state index is 11.1. The lowest BCUT2D eigenvalue weighted by molar-refractivity contribution is 0.671. The van der Waals surface area contributed by atoms with Gasteiger partial charge in [0.1, 0.15) is 0 Å². The summed E-state index contributed by atoms with van der Waals surface area (Å²) < 4.78 is 11.1. The molecule has 2 nitrogen and oxygen atoms in total. The zero-order valence-corrected chi connectivity index (χ0v) is 7.99. The van der Waals surface area contributed by atoms with Gasteiger partial charge < -0.3 is 0 Å². The van der Waals surface area contributed by atoms with Gasteiger partial charge in [0.2, 0.25) is 0 Å². The van der Waals surface area contributed by atoms with Gasteiger partial charge in [0.25, 0.3) is 0 Å². The minimum Gasteiger partial charge on any atom is -0.259 e. The minimum absolute atomic E-state index is 0.261. The molecule has 0 aromatic heterocycles. The second kappa shape index (κ2) is 6.36. The van der Waals surface area contributed by atoms with Crippen LogP contribution in [0.2, 0.25) is 0 Å². The molecule has 3 heteroatoms. The Morgan fingerprint density at radius 3 is 2.55 bits per heavy atom. The van der Waals surface area contributed by atoms with Crippen LogP contribution in [0.4, 0.5) is 0 Å². The van der Waals surface area contributed by atoms with Crippen molar-refractivity contribution in [3.63, 3.8) is 0 Å². The fourth-order valence-corrected chi connectivity index (χ4v) is 1.64. The van der Waals surface area contributed by atoms with Crippen LogP contribution in [0, 0.1) is 11.3 Å². The zero-order chi connectivity index (χ0) is 8.69. The normalized spacial score (nSPS) is 12.9. The summed E-state index contributed by atoms with van der Waals surface area (Å²) in [6.07, 6.45) is 2.39. The fourth-order valence-electron chi connectivity index (χ4n) is 0.684. The molecule has 0 saturated heterocycles. The first-order valence-corrected chi connectivity index (χ1v) is 5.30. The van der Waals surface area contributed by atoms with Crippen LogP contribution in [0.15, 0.2) is 0 Å². The molecule has 1 atom stereocenters. The maximum absolute atomic E-state index is 11.1. The second-order valence-corrected chi connectivity index (χ2v) is 4.86. The van der Waals surface area contributed by atoms with Crippen molar-refractivity contribution in [1.29, 1.82) is 5.26 Å². The topological polar surface area (TPSA) is 40.9 Å². The number of hydrogen-bond donors (Lipinski definition) is 0. The van der Waals surface area contributed by atoms with Crippen LogP contribution in [0.25, 0.3) is 0 Å². The van der Waals surface area contributed by atoms with E-state index in [4.69, 9.17) is 5.26 Å². The van der Waals surface area contributed by atoms with Crippen molar-refractivity contribution in [3.8, 4) is 6.07 Å². The molecule has 0 aliphatic carbocycles. The summed E-state index contributed by atoms with van der Waals surface area (Å²) in [6.45, 7) is 3.92. The van der Waals surface area contributed by atoms with E-state index in [1.807, 2.05) is 13.8 Å². The van der Waals surface area contributed by atoms with Crippen molar-refractivity contribution < 1.29 is 4.21 Å². The van der Waals surface area contributed by atoms with Crippen LogP contribution in [0.1, 0.15) is 33.1 Å². The van der Waals surface area contributed by atoms with E-state index >= 15 is 0 Å². The van der Waals surface area contributed by atoms with E-state index in [-0.39, 0.29) is 5.25 Å². The molecule has 11 heavy (non-hydrogen) atoms. The summed E-state index contributed by atoms with van der Waals surface area (Å²) in [5.74, 6) is 0.749. The largest absolute Gasteiger partial charge is 0.259 e. The lowest BCUT2D eigenvalue weighted by Crippen LogP contribution is -2.09. The van der Waals surface area contributed by atoms with Crippen molar-refractivity contribution in [1.82, 2.24) is 0 Å². The van der Waals surface area contributed by atoms with Crippen LogP contribution < -0.4 is 0 Å². The molecule has 0 spiro atoms. The Kier molecular flexibility index (Phi) is 6.15. The standard InChI is InChI=1S/C8H15NOS/c1-8(2)11(10)7-5-3-4-6-9/h8H,3-5,7H2,1-2H3. The molecular formula is C8H15NOS. The summed E-state index contributed by atoms with van der Waals surface area (Å²) >= 11 is 0. The average Bonchev–Trinajstić information content (AvgIpc) is 1.97. The molecule has 0 saturated carbocycles. The van der Waals surface area contributed by atoms with Crippen LogP contribution in [0.3, 0.4) is 0 Å². The van der Waals surface area contributed by atoms with Crippen LogP contribution in [-0.4, -0.2) is 15.2 Å². The summed E-state index contributed by atoms with van der Waals surface area (Å²) in [6, 6.07) is 2.07. The van der Waals surface area contributed by atoms with Gasteiger partial charge in [-0.1, -0.05) is 13.8 Å². The van der Waals surface area contributed by atoms with Gasteiger partial charge in [-0.05, 0) is 12.8 Å². The van der Waals surface area contributed by atoms with E-state index in [1.54, 1.807) is 0 Å². The molecule has 0 fully saturated rings. The van der Waals surface area contributed by atoms with E-state index in [2.05, 4.69) is 6.07 Å². The highest BCUT2D eigenvalue weighted by molar-refractivity contribution is 7.85. The third-order valence-electron chi connectivity index (χ3n) is 1.41. The SMILES string of the molecule is CC(C)S(=O)CCCCC#N. The summed E-state index contributed by atoms with van der Waals surface area (Å²) in [5, 5.41) is 8.48. The van der Waals surface area contributed by atoms with Gasteiger partial charge in [-0.2, -0.15) is 5.26 Å². The highest BCUT2D eigenvalue weighted by Gasteiger charge is 2.03. The third kappa shape index (κ3) is 6.05. The molecule has 0 aliphatic heterocycles. The zero-order valence-electron chi connectivity index (χ0n) is 7.17. The molecule has 64 valence electrons. The quantitative estimate of drug-likeness (QED) is 0.595. The van der Waals surface area contributed by atoms with Crippen molar-refractivity contribution in [2.45, 2.75) is 38.4 Å². The molecule has 0 N–H and O–H groups in total. The highest BCUT2D eigenvalue weighted by atomic mass is 32.2. The molecule has 0 aromatic rings. The van der Waals surface area contributed by atoms with Crippen molar-refractivity contribution in [3.05, 3.63) is 0 Å². The Balaban J connectivity index is 3.26. The maximum Gasteiger partial charge on any atom is 0.0621 e. The van der Waals surface area contributed by atoms with Crippen LogP contribution in [0.5, 0.6) is 0 Å². The Labute approximate surface area is 71.1 Å². The highest BCUT2D eigenvalue weighted by Crippen LogP contribution is 2.00. The lowest BCUT2D eigenvalue weighted by atomic mass is 10.3. The number of hydrogen-bond acceptors (Lipinski definition) is 2. The van der Waals surface area contributed by atoms with Gasteiger partial charge in [0.05, 0.1) is 6.07 Å². The van der Waals surface area contributed by atoms with E-state index in [0.29, 0.717) is 6.42 Å². The fraction of sp³-hybridized carbons (Fsp3) is 0.875. The Morgan fingerprint density at radius 2 is 2.09 bits per heavy atom. The summed E-state index contributed by atoms with van der Waals surface area (Å²) in [4.78, 5) is 0. The Hall–Kier alpha value is -0.360.